The summed E-state index contributed by atoms with van der Waals surface area (Å²) in [4.78, 5) is 12.9. The van der Waals surface area contributed by atoms with E-state index in [1.54, 1.807) is 0 Å². The van der Waals surface area contributed by atoms with Crippen LogP contribution in [0.2, 0.25) is 4.34 Å². The van der Waals surface area contributed by atoms with Crippen molar-refractivity contribution in [1.29, 1.82) is 0 Å². The molecule has 0 bridgehead atoms. The molecule has 0 saturated carbocycles. The highest BCUT2D eigenvalue weighted by Gasteiger charge is 2.21. The van der Waals surface area contributed by atoms with E-state index in [2.05, 4.69) is 5.32 Å². The largest absolute Gasteiger partial charge is 0.306 e. The van der Waals surface area contributed by atoms with Gasteiger partial charge in [-0.3, -0.25) is 4.79 Å². The summed E-state index contributed by atoms with van der Waals surface area (Å²) in [6, 6.07) is 3.81. The third-order valence-electron chi connectivity index (χ3n) is 2.29. The zero-order valence-electron chi connectivity index (χ0n) is 8.16. The van der Waals surface area contributed by atoms with E-state index in [4.69, 9.17) is 11.6 Å². The molecule has 2 rings (SSSR count). The molecule has 15 heavy (non-hydrogen) atoms. The van der Waals surface area contributed by atoms with Crippen molar-refractivity contribution in [2.24, 2.45) is 0 Å². The summed E-state index contributed by atoms with van der Waals surface area (Å²) in [5, 5.41) is 3.25. The lowest BCUT2D eigenvalue weighted by atomic mass is 10.1. The van der Waals surface area contributed by atoms with Crippen LogP contribution < -0.4 is 5.32 Å². The van der Waals surface area contributed by atoms with Gasteiger partial charge >= 0.3 is 0 Å². The maximum atomic E-state index is 11.9. The molecule has 0 amide bonds. The van der Waals surface area contributed by atoms with Gasteiger partial charge in [0.2, 0.25) is 0 Å². The van der Waals surface area contributed by atoms with E-state index in [1.165, 1.54) is 11.3 Å². The molecular weight excluding hydrogens is 250 g/mol. The number of hydrogen-bond acceptors (Lipinski definition) is 4. The van der Waals surface area contributed by atoms with Crippen LogP contribution in [0.1, 0.15) is 4.88 Å². The van der Waals surface area contributed by atoms with E-state index < -0.39 is 0 Å². The number of ketones is 1. The molecule has 1 aromatic heterocycles. The van der Waals surface area contributed by atoms with Gasteiger partial charge in [0.05, 0.1) is 10.4 Å². The molecule has 0 radical (unpaired) electrons. The number of nitrogens with one attached hydrogen (secondary N) is 1. The highest BCUT2D eigenvalue weighted by Crippen LogP contribution is 2.22. The van der Waals surface area contributed by atoms with Gasteiger partial charge in [0.1, 0.15) is 0 Å². The summed E-state index contributed by atoms with van der Waals surface area (Å²) in [5.74, 6) is 2.28. The Balaban J connectivity index is 1.91. The van der Waals surface area contributed by atoms with Gasteiger partial charge in [-0.05, 0) is 12.1 Å². The van der Waals surface area contributed by atoms with Crippen molar-refractivity contribution in [2.45, 2.75) is 12.5 Å². The Kier molecular flexibility index (Phi) is 4.08. The Morgan fingerprint density at radius 3 is 3.07 bits per heavy atom. The number of carbonyl (C=O) groups excluding carboxylic acids is 1. The van der Waals surface area contributed by atoms with Crippen LogP contribution in [0.3, 0.4) is 0 Å². The topological polar surface area (TPSA) is 29.1 Å². The van der Waals surface area contributed by atoms with Crippen LogP contribution in [-0.2, 0) is 11.2 Å². The van der Waals surface area contributed by atoms with E-state index in [1.807, 2.05) is 23.9 Å². The lowest BCUT2D eigenvalue weighted by Crippen LogP contribution is -2.43. The smallest absolute Gasteiger partial charge is 0.155 e. The number of thiophene rings is 1. The number of carbonyl (C=O) groups is 1. The third kappa shape index (κ3) is 3.21. The minimum absolute atomic E-state index is 0.0321. The van der Waals surface area contributed by atoms with Crippen LogP contribution in [0.5, 0.6) is 0 Å². The van der Waals surface area contributed by atoms with Gasteiger partial charge in [-0.1, -0.05) is 11.6 Å². The van der Waals surface area contributed by atoms with Crippen LogP contribution in [0, 0.1) is 0 Å². The molecule has 1 atom stereocenters. The SMILES string of the molecule is O=C(Cc1ccc(Cl)s1)C1CSCCN1. The zero-order chi connectivity index (χ0) is 10.7. The fourth-order valence-electron chi connectivity index (χ4n) is 1.51. The number of thioether (sulfide) groups is 1. The van der Waals surface area contributed by atoms with Crippen molar-refractivity contribution in [3.8, 4) is 0 Å². The molecule has 1 unspecified atom stereocenters. The first-order valence-corrected chi connectivity index (χ1v) is 7.18. The number of rotatable bonds is 3. The van der Waals surface area contributed by atoms with Crippen LogP contribution >= 0.6 is 34.7 Å². The number of Topliss-reactive ketones (excluding diaryl/α,β-unsaturated/α-hetero) is 1. The third-order valence-corrected chi connectivity index (χ3v) is 4.58. The molecule has 1 saturated heterocycles. The van der Waals surface area contributed by atoms with Gasteiger partial charge in [0.15, 0.2) is 5.78 Å². The molecule has 0 aliphatic carbocycles. The average molecular weight is 262 g/mol. The van der Waals surface area contributed by atoms with E-state index in [0.29, 0.717) is 6.42 Å². The Hall–Kier alpha value is -0.0300. The van der Waals surface area contributed by atoms with Crippen molar-refractivity contribution in [2.75, 3.05) is 18.1 Å². The molecule has 2 nitrogen and oxygen atoms in total. The Labute approximate surface area is 102 Å². The molecule has 0 aromatic carbocycles. The van der Waals surface area contributed by atoms with Crippen molar-refractivity contribution >= 4 is 40.5 Å². The van der Waals surface area contributed by atoms with Gasteiger partial charge in [-0.2, -0.15) is 11.8 Å². The second kappa shape index (κ2) is 5.34. The maximum Gasteiger partial charge on any atom is 0.155 e. The average Bonchev–Trinajstić information content (AvgIpc) is 2.65. The minimum Gasteiger partial charge on any atom is -0.306 e. The normalized spacial score (nSPS) is 21.5. The molecule has 2 heterocycles. The fraction of sp³-hybridized carbons (Fsp3) is 0.500. The molecule has 1 aliphatic heterocycles. The van der Waals surface area contributed by atoms with Gasteiger partial charge in [-0.25, -0.2) is 0 Å². The Morgan fingerprint density at radius 1 is 1.60 bits per heavy atom. The van der Waals surface area contributed by atoms with Gasteiger partial charge in [0, 0.05) is 29.3 Å². The maximum absolute atomic E-state index is 11.9. The van der Waals surface area contributed by atoms with E-state index in [-0.39, 0.29) is 11.8 Å². The van der Waals surface area contributed by atoms with Gasteiger partial charge in [0.25, 0.3) is 0 Å². The second-order valence-corrected chi connectivity index (χ2v) is 6.38. The minimum atomic E-state index is 0.0321. The number of halogens is 1. The van der Waals surface area contributed by atoms with E-state index >= 15 is 0 Å². The molecular formula is C10H12ClNOS2. The van der Waals surface area contributed by atoms with Gasteiger partial charge < -0.3 is 5.32 Å². The fourth-order valence-corrected chi connectivity index (χ4v) is 3.58. The van der Waals surface area contributed by atoms with Crippen LogP contribution in [-0.4, -0.2) is 29.9 Å². The van der Waals surface area contributed by atoms with Crippen LogP contribution in [0.25, 0.3) is 0 Å². The monoisotopic (exact) mass is 261 g/mol. The predicted octanol–water partition coefficient (Wildman–Crippen LogP) is 2.22. The molecule has 82 valence electrons. The van der Waals surface area contributed by atoms with E-state index in [0.717, 1.165) is 27.3 Å². The standard InChI is InChI=1S/C10H12ClNOS2/c11-10-2-1-7(15-10)5-9(13)8-6-14-4-3-12-8/h1-2,8,12H,3-6H2. The lowest BCUT2D eigenvalue weighted by Gasteiger charge is -2.21. The summed E-state index contributed by atoms with van der Waals surface area (Å²) < 4.78 is 0.753. The summed E-state index contributed by atoms with van der Waals surface area (Å²) >= 11 is 9.15. The first kappa shape index (κ1) is 11.5. The lowest BCUT2D eigenvalue weighted by molar-refractivity contribution is -0.119. The first-order valence-electron chi connectivity index (χ1n) is 4.84. The molecule has 1 aromatic rings. The van der Waals surface area contributed by atoms with Crippen LogP contribution in [0.4, 0.5) is 0 Å². The summed E-state index contributed by atoms with van der Waals surface area (Å²) in [5.41, 5.74) is 0. The van der Waals surface area contributed by atoms with Crippen molar-refractivity contribution < 1.29 is 4.79 Å². The summed E-state index contributed by atoms with van der Waals surface area (Å²) in [7, 11) is 0. The quantitative estimate of drug-likeness (QED) is 0.905. The summed E-state index contributed by atoms with van der Waals surface area (Å²) in [6.45, 7) is 0.937. The van der Waals surface area contributed by atoms with E-state index in [9.17, 15) is 4.79 Å². The molecule has 1 N–H and O–H groups in total. The van der Waals surface area contributed by atoms with Gasteiger partial charge in [-0.15, -0.1) is 11.3 Å². The number of hydrogen-bond donors (Lipinski definition) is 1. The van der Waals surface area contributed by atoms with Crippen molar-refractivity contribution in [1.82, 2.24) is 5.32 Å². The second-order valence-electron chi connectivity index (χ2n) is 3.43. The Bertz CT molecular complexity index is 347. The summed E-state index contributed by atoms with van der Waals surface area (Å²) in [6.07, 6.45) is 0.510. The zero-order valence-corrected chi connectivity index (χ0v) is 10.6. The molecule has 5 heteroatoms. The van der Waals surface area contributed by atoms with Crippen molar-refractivity contribution in [3.63, 3.8) is 0 Å². The highest BCUT2D eigenvalue weighted by molar-refractivity contribution is 7.99. The first-order chi connectivity index (χ1) is 7.25. The van der Waals surface area contributed by atoms with Crippen molar-refractivity contribution in [3.05, 3.63) is 21.3 Å². The van der Waals surface area contributed by atoms with Crippen LogP contribution in [0.15, 0.2) is 12.1 Å². The predicted molar refractivity (Wildman–Crippen MR) is 67.2 cm³/mol. The molecule has 1 aliphatic rings. The molecule has 1 fully saturated rings. The Morgan fingerprint density at radius 2 is 2.47 bits per heavy atom. The molecule has 0 spiro atoms. The highest BCUT2D eigenvalue weighted by atomic mass is 35.5.